The van der Waals surface area contributed by atoms with Gasteiger partial charge in [0.05, 0.1) is 49.6 Å². The van der Waals surface area contributed by atoms with E-state index in [-0.39, 0.29) is 30.6 Å². The molecular formula is C39H66ClNO13. The van der Waals surface area contributed by atoms with Gasteiger partial charge in [-0.2, -0.15) is 0 Å². The van der Waals surface area contributed by atoms with Crippen LogP contribution in [0.4, 0.5) is 0 Å². The summed E-state index contributed by atoms with van der Waals surface area (Å²) in [5.41, 5.74) is 0.736. The van der Waals surface area contributed by atoms with E-state index in [0.717, 1.165) is 5.57 Å². The number of carbonyl (C=O) groups excluding carboxylic acids is 2. The van der Waals surface area contributed by atoms with Crippen molar-refractivity contribution in [3.05, 3.63) is 23.8 Å². The van der Waals surface area contributed by atoms with Gasteiger partial charge in [0.2, 0.25) is 0 Å². The Morgan fingerprint density at radius 3 is 2.11 bits per heavy atom. The van der Waals surface area contributed by atoms with Crippen molar-refractivity contribution in [2.75, 3.05) is 40.8 Å². The molecule has 0 unspecified atom stereocenters. The standard InChI is InChI=1S/C39H66ClNO13/c1-11-29-26(19-50-39-37(49-10)36(48-9)33(46)24(6)52-39)16-20(2)12-13-27(42)21(3)17-25(14-15-40)35(22(4)28(43)18-30(44)53-29)54-38-34(47)31(41(7)8)32(45)23(5)51-38/h12-13,16,21-26,28-29,31-39,43,45-47H,11,14-15,17-19H2,1-10H3/b13-12+,20-16+/t21-,22+,23-,24-,25+,26-,28-,29-,31+,32-,33-,34-,35-,36-,37-,38+,39-/m1/s1. The molecule has 2 fully saturated rings. The Morgan fingerprint density at radius 2 is 1.52 bits per heavy atom. The van der Waals surface area contributed by atoms with E-state index in [4.69, 9.17) is 44.8 Å². The molecule has 0 radical (unpaired) electrons. The SMILES string of the molecule is CC[C@H]1OC(=O)C[C@@H](O)[C@H](C)[C@@H](O[C@@H]2O[C@H](C)[C@@H](O)[C@H](N(C)C)[C@H]2O)[C@@H](CCCl)C[C@@H](C)C(=O)/C=C/C(C)=C/[C@@H]1CO[C@@H]1O[C@H](C)[C@@H](O)[C@@H](OC)[C@H]1OC. The van der Waals surface area contributed by atoms with Crippen LogP contribution >= 0.6 is 11.6 Å². The summed E-state index contributed by atoms with van der Waals surface area (Å²) in [7, 11) is 6.44. The Hall–Kier alpha value is -1.53. The van der Waals surface area contributed by atoms with Gasteiger partial charge in [-0.3, -0.25) is 9.59 Å². The van der Waals surface area contributed by atoms with Gasteiger partial charge in [-0.05, 0) is 66.1 Å². The Labute approximate surface area is 326 Å². The van der Waals surface area contributed by atoms with Gasteiger partial charge in [0.15, 0.2) is 18.4 Å². The van der Waals surface area contributed by atoms with Crippen molar-refractivity contribution < 1.29 is 63.2 Å². The van der Waals surface area contributed by atoms with Crippen molar-refractivity contribution in [2.45, 2.75) is 147 Å². The number of hydrogen-bond acceptors (Lipinski definition) is 14. The molecule has 0 aromatic rings. The number of nitrogens with zero attached hydrogens (tertiary/aromatic N) is 1. The molecule has 0 aromatic carbocycles. The third kappa shape index (κ3) is 12.0. The first kappa shape index (κ1) is 46.8. The Kier molecular flexibility index (Phi) is 19.0. The summed E-state index contributed by atoms with van der Waals surface area (Å²) in [5, 5.41) is 44.4. The third-order valence-corrected chi connectivity index (χ3v) is 11.4. The van der Waals surface area contributed by atoms with Gasteiger partial charge in [0.1, 0.15) is 30.5 Å². The molecule has 3 aliphatic heterocycles. The highest BCUT2D eigenvalue weighted by molar-refractivity contribution is 6.17. The number of rotatable bonds is 11. The molecule has 4 N–H and O–H groups in total. The summed E-state index contributed by atoms with van der Waals surface area (Å²) in [6, 6.07) is -0.696. The van der Waals surface area contributed by atoms with Crippen LogP contribution in [0.2, 0.25) is 0 Å². The zero-order valence-corrected chi connectivity index (χ0v) is 34.3. The molecular weight excluding hydrogens is 726 g/mol. The molecule has 3 heterocycles. The minimum Gasteiger partial charge on any atom is -0.462 e. The molecule has 0 saturated carbocycles. The van der Waals surface area contributed by atoms with Crippen LogP contribution in [0.1, 0.15) is 67.2 Å². The van der Waals surface area contributed by atoms with Crippen LogP contribution < -0.4 is 0 Å². The number of alkyl halides is 1. The number of likely N-dealkylation sites (N-methyl/N-ethyl adjacent to an activating group) is 1. The predicted molar refractivity (Wildman–Crippen MR) is 201 cm³/mol. The van der Waals surface area contributed by atoms with E-state index < -0.39 is 103 Å². The lowest BCUT2D eigenvalue weighted by atomic mass is 9.79. The number of aliphatic hydroxyl groups is 4. The highest BCUT2D eigenvalue weighted by atomic mass is 35.5. The molecule has 54 heavy (non-hydrogen) atoms. The molecule has 3 rings (SSSR count). The van der Waals surface area contributed by atoms with Crippen LogP contribution in [0, 0.1) is 23.7 Å². The van der Waals surface area contributed by atoms with Gasteiger partial charge >= 0.3 is 5.97 Å². The maximum absolute atomic E-state index is 13.6. The van der Waals surface area contributed by atoms with Crippen LogP contribution in [0.5, 0.6) is 0 Å². The monoisotopic (exact) mass is 791 g/mol. The maximum Gasteiger partial charge on any atom is 0.308 e. The van der Waals surface area contributed by atoms with E-state index >= 15 is 0 Å². The Morgan fingerprint density at radius 1 is 0.889 bits per heavy atom. The smallest absolute Gasteiger partial charge is 0.308 e. The first-order valence-electron chi connectivity index (χ1n) is 19.2. The molecule has 0 aromatic heterocycles. The zero-order chi connectivity index (χ0) is 40.4. The first-order valence-corrected chi connectivity index (χ1v) is 19.7. The Bertz CT molecular complexity index is 1240. The number of esters is 1. The maximum atomic E-state index is 13.6. The average molecular weight is 792 g/mol. The average Bonchev–Trinajstić information content (AvgIpc) is 3.12. The zero-order valence-electron chi connectivity index (χ0n) is 33.6. The fourth-order valence-electron chi connectivity index (χ4n) is 7.83. The number of aliphatic hydroxyl groups excluding tert-OH is 4. The summed E-state index contributed by atoms with van der Waals surface area (Å²) < 4.78 is 41.9. The molecule has 14 nitrogen and oxygen atoms in total. The Balaban J connectivity index is 1.96. The van der Waals surface area contributed by atoms with E-state index in [0.29, 0.717) is 19.3 Å². The van der Waals surface area contributed by atoms with Crippen LogP contribution in [0.15, 0.2) is 23.8 Å². The number of ether oxygens (including phenoxy) is 7. The largest absolute Gasteiger partial charge is 0.462 e. The van der Waals surface area contributed by atoms with Crippen molar-refractivity contribution in [1.29, 1.82) is 0 Å². The van der Waals surface area contributed by atoms with Gasteiger partial charge in [-0.25, -0.2) is 0 Å². The predicted octanol–water partition coefficient (Wildman–Crippen LogP) is 2.60. The van der Waals surface area contributed by atoms with Crippen molar-refractivity contribution in [3.8, 4) is 0 Å². The van der Waals surface area contributed by atoms with Crippen molar-refractivity contribution in [3.63, 3.8) is 0 Å². The van der Waals surface area contributed by atoms with Crippen molar-refractivity contribution in [2.24, 2.45) is 23.7 Å². The fourth-order valence-corrected chi connectivity index (χ4v) is 8.11. The van der Waals surface area contributed by atoms with E-state index in [1.165, 1.54) is 20.3 Å². The van der Waals surface area contributed by atoms with Crippen LogP contribution in [0.3, 0.4) is 0 Å². The first-order chi connectivity index (χ1) is 25.5. The number of carbonyl (C=O) groups is 2. The molecule has 0 bridgehead atoms. The minimum absolute atomic E-state index is 0.0326. The van der Waals surface area contributed by atoms with Gasteiger partial charge in [0, 0.05) is 37.9 Å². The van der Waals surface area contributed by atoms with Crippen LogP contribution in [-0.2, 0) is 42.7 Å². The van der Waals surface area contributed by atoms with E-state index in [2.05, 4.69) is 0 Å². The topological polar surface area (TPSA) is 183 Å². The molecule has 312 valence electrons. The second-order valence-corrected chi connectivity index (χ2v) is 15.8. The lowest BCUT2D eigenvalue weighted by Gasteiger charge is -2.46. The second-order valence-electron chi connectivity index (χ2n) is 15.4. The molecule has 0 aliphatic carbocycles. The summed E-state index contributed by atoms with van der Waals surface area (Å²) in [6.45, 7) is 10.7. The third-order valence-electron chi connectivity index (χ3n) is 11.2. The van der Waals surface area contributed by atoms with Crippen LogP contribution in [0.25, 0.3) is 0 Å². The van der Waals surface area contributed by atoms with E-state index in [1.54, 1.807) is 45.8 Å². The van der Waals surface area contributed by atoms with Crippen LogP contribution in [-0.4, -0.2) is 158 Å². The van der Waals surface area contributed by atoms with Gasteiger partial charge in [0.25, 0.3) is 0 Å². The quantitative estimate of drug-likeness (QED) is 0.177. The second kappa shape index (κ2) is 21.8. The molecule has 3 aliphatic rings. The molecule has 15 heteroatoms. The van der Waals surface area contributed by atoms with E-state index in [1.807, 2.05) is 26.8 Å². The number of halogens is 1. The summed E-state index contributed by atoms with van der Waals surface area (Å²) >= 11 is 6.31. The highest BCUT2D eigenvalue weighted by Gasteiger charge is 2.48. The summed E-state index contributed by atoms with van der Waals surface area (Å²) in [4.78, 5) is 28.9. The number of allylic oxidation sites excluding steroid dienone is 3. The normalized spacial score (nSPS) is 43.7. The number of ketones is 1. The number of hydrogen-bond donors (Lipinski definition) is 4. The lowest BCUT2D eigenvalue weighted by molar-refractivity contribution is -0.304. The fraction of sp³-hybridized carbons (Fsp3) is 0.846. The molecule has 0 spiro atoms. The summed E-state index contributed by atoms with van der Waals surface area (Å²) in [5.74, 6) is -2.56. The molecule has 17 atom stereocenters. The van der Waals surface area contributed by atoms with Crippen molar-refractivity contribution >= 4 is 23.4 Å². The number of methoxy groups -OCH3 is 2. The molecule has 0 amide bonds. The van der Waals surface area contributed by atoms with Crippen molar-refractivity contribution in [1.82, 2.24) is 4.90 Å². The highest BCUT2D eigenvalue weighted by Crippen LogP contribution is 2.35. The summed E-state index contributed by atoms with van der Waals surface area (Å²) in [6.07, 6.45) is -4.77. The molecule has 2 saturated heterocycles. The van der Waals surface area contributed by atoms with E-state index in [9.17, 15) is 30.0 Å². The lowest BCUT2D eigenvalue weighted by Crippen LogP contribution is -2.63. The van der Waals surface area contributed by atoms with Gasteiger partial charge < -0.3 is 58.5 Å². The van der Waals surface area contributed by atoms with Gasteiger partial charge in [-0.1, -0.05) is 38.5 Å². The van der Waals surface area contributed by atoms with Gasteiger partial charge in [-0.15, -0.1) is 11.6 Å². The number of cyclic esters (lactones) is 1. The minimum atomic E-state index is -1.24.